The molecule has 0 radical (unpaired) electrons. The highest BCUT2D eigenvalue weighted by molar-refractivity contribution is 9.10. The lowest BCUT2D eigenvalue weighted by atomic mass is 10.1. The minimum absolute atomic E-state index is 0.373. The number of esters is 1. The summed E-state index contributed by atoms with van der Waals surface area (Å²) in [6.07, 6.45) is 1.84. The van der Waals surface area contributed by atoms with E-state index in [0.717, 1.165) is 16.3 Å². The number of rotatable bonds is 8. The summed E-state index contributed by atoms with van der Waals surface area (Å²) in [5.74, 6) is -0.373. The zero-order chi connectivity index (χ0) is 15.9. The molecule has 0 amide bonds. The molecule has 0 saturated carbocycles. The molecular weight excluding hydrogens is 360 g/mol. The Morgan fingerprint density at radius 1 is 1.33 bits per heavy atom. The highest BCUT2D eigenvalue weighted by Gasteiger charge is 2.08. The smallest absolute Gasteiger partial charge is 0.337 e. The predicted molar refractivity (Wildman–Crippen MR) is 84.7 cm³/mol. The molecule has 0 fully saturated rings. The maximum atomic E-state index is 11.4. The van der Waals surface area contributed by atoms with Crippen molar-refractivity contribution in [2.75, 3.05) is 26.5 Å². The van der Waals surface area contributed by atoms with Gasteiger partial charge in [0.05, 0.1) is 18.9 Å². The molecule has 0 unspecified atom stereocenters. The summed E-state index contributed by atoms with van der Waals surface area (Å²) >= 11 is 3.41. The molecule has 6 nitrogen and oxygen atoms in total. The first-order valence-corrected chi connectivity index (χ1v) is 9.04. The lowest BCUT2D eigenvalue weighted by molar-refractivity contribution is 0.0600. The van der Waals surface area contributed by atoms with E-state index in [2.05, 4.69) is 30.7 Å². The number of sulfonamides is 1. The summed E-state index contributed by atoms with van der Waals surface area (Å²) < 4.78 is 29.6. The summed E-state index contributed by atoms with van der Waals surface area (Å²) in [6, 6.07) is 5.27. The lowest BCUT2D eigenvalue weighted by Crippen LogP contribution is -2.26. The van der Waals surface area contributed by atoms with E-state index in [1.54, 1.807) is 12.1 Å². The molecule has 0 heterocycles. The van der Waals surface area contributed by atoms with Gasteiger partial charge in [-0.25, -0.2) is 17.9 Å². The van der Waals surface area contributed by atoms with Gasteiger partial charge in [0, 0.05) is 17.6 Å². The largest absolute Gasteiger partial charge is 0.465 e. The number of methoxy groups -OCH3 is 1. The van der Waals surface area contributed by atoms with Gasteiger partial charge in [0.15, 0.2) is 0 Å². The van der Waals surface area contributed by atoms with E-state index in [9.17, 15) is 13.2 Å². The van der Waals surface area contributed by atoms with Crippen molar-refractivity contribution in [2.24, 2.45) is 0 Å². The third kappa shape index (κ3) is 7.03. The van der Waals surface area contributed by atoms with E-state index in [1.807, 2.05) is 6.07 Å². The minimum atomic E-state index is -3.11. The second kappa shape index (κ2) is 8.47. The Balaban J connectivity index is 2.37. The Labute approximate surface area is 133 Å². The van der Waals surface area contributed by atoms with Crippen molar-refractivity contribution in [3.8, 4) is 0 Å². The zero-order valence-electron chi connectivity index (χ0n) is 12.0. The van der Waals surface area contributed by atoms with Crippen LogP contribution >= 0.6 is 15.9 Å². The molecule has 0 aliphatic carbocycles. The van der Waals surface area contributed by atoms with Gasteiger partial charge in [0.25, 0.3) is 0 Å². The van der Waals surface area contributed by atoms with Crippen LogP contribution in [-0.2, 0) is 21.3 Å². The molecule has 0 aliphatic rings. The lowest BCUT2D eigenvalue weighted by Gasteiger charge is -2.08. The summed E-state index contributed by atoms with van der Waals surface area (Å²) in [6.45, 7) is 1.73. The number of halogens is 1. The van der Waals surface area contributed by atoms with Crippen molar-refractivity contribution in [3.63, 3.8) is 0 Å². The van der Waals surface area contributed by atoms with E-state index >= 15 is 0 Å². The monoisotopic (exact) mass is 378 g/mol. The highest BCUT2D eigenvalue weighted by Crippen LogP contribution is 2.19. The molecule has 2 N–H and O–H groups in total. The molecule has 118 valence electrons. The van der Waals surface area contributed by atoms with E-state index in [0.29, 0.717) is 31.6 Å². The van der Waals surface area contributed by atoms with Crippen LogP contribution in [0, 0.1) is 0 Å². The maximum absolute atomic E-state index is 11.4. The maximum Gasteiger partial charge on any atom is 0.337 e. The summed E-state index contributed by atoms with van der Waals surface area (Å²) in [7, 11) is -1.77. The average molecular weight is 379 g/mol. The topological polar surface area (TPSA) is 84.5 Å². The number of ether oxygens (including phenoxy) is 1. The van der Waals surface area contributed by atoms with Crippen molar-refractivity contribution in [1.82, 2.24) is 10.0 Å². The molecule has 1 aromatic rings. The number of carbonyl (C=O) groups is 1. The number of hydrogen-bond donors (Lipinski definition) is 2. The summed E-state index contributed by atoms with van der Waals surface area (Å²) in [5.41, 5.74) is 1.50. The molecule has 8 heteroatoms. The Hall–Kier alpha value is -0.960. The molecule has 0 bridgehead atoms. The van der Waals surface area contributed by atoms with Gasteiger partial charge in [-0.15, -0.1) is 0 Å². The van der Waals surface area contributed by atoms with E-state index < -0.39 is 10.0 Å². The first-order chi connectivity index (χ1) is 9.83. The van der Waals surface area contributed by atoms with Crippen LogP contribution in [0.25, 0.3) is 0 Å². The summed E-state index contributed by atoms with van der Waals surface area (Å²) in [5, 5.41) is 3.21. The minimum Gasteiger partial charge on any atom is -0.465 e. The van der Waals surface area contributed by atoms with Gasteiger partial charge in [0.2, 0.25) is 10.0 Å². The van der Waals surface area contributed by atoms with Gasteiger partial charge in [0.1, 0.15) is 0 Å². The molecule has 0 aromatic heterocycles. The summed E-state index contributed by atoms with van der Waals surface area (Å²) in [4.78, 5) is 11.4. The Kier molecular flexibility index (Phi) is 7.30. The van der Waals surface area contributed by atoms with Crippen LogP contribution in [0.1, 0.15) is 22.3 Å². The van der Waals surface area contributed by atoms with E-state index in [4.69, 9.17) is 0 Å². The van der Waals surface area contributed by atoms with Crippen molar-refractivity contribution in [3.05, 3.63) is 33.8 Å². The number of carbonyl (C=O) groups excluding carboxylic acids is 1. The highest BCUT2D eigenvalue weighted by atomic mass is 79.9. The SMILES string of the molecule is COC(=O)c1ccc(CNCCCNS(C)(=O)=O)c(Br)c1. The van der Waals surface area contributed by atoms with Crippen molar-refractivity contribution in [1.29, 1.82) is 0 Å². The third-order valence-electron chi connectivity index (χ3n) is 2.68. The van der Waals surface area contributed by atoms with Gasteiger partial charge < -0.3 is 10.1 Å². The first kappa shape index (κ1) is 18.1. The molecule has 0 atom stereocenters. The van der Waals surface area contributed by atoms with Gasteiger partial charge in [-0.05, 0) is 30.7 Å². The van der Waals surface area contributed by atoms with Crippen LogP contribution in [0.15, 0.2) is 22.7 Å². The molecule has 21 heavy (non-hydrogen) atoms. The van der Waals surface area contributed by atoms with Crippen LogP contribution in [0.3, 0.4) is 0 Å². The third-order valence-corrected chi connectivity index (χ3v) is 4.15. The molecule has 0 aliphatic heterocycles. The predicted octanol–water partition coefficient (Wildman–Crippen LogP) is 1.26. The fraction of sp³-hybridized carbons (Fsp3) is 0.462. The fourth-order valence-electron chi connectivity index (χ4n) is 1.63. The fourth-order valence-corrected chi connectivity index (χ4v) is 2.66. The zero-order valence-corrected chi connectivity index (χ0v) is 14.4. The van der Waals surface area contributed by atoms with Crippen LogP contribution in [0.5, 0.6) is 0 Å². The number of benzene rings is 1. The average Bonchev–Trinajstić information content (AvgIpc) is 2.42. The van der Waals surface area contributed by atoms with Crippen LogP contribution in [-0.4, -0.2) is 40.8 Å². The first-order valence-electron chi connectivity index (χ1n) is 6.35. The van der Waals surface area contributed by atoms with Gasteiger partial charge in [-0.2, -0.15) is 0 Å². The van der Waals surface area contributed by atoms with E-state index in [-0.39, 0.29) is 5.97 Å². The second-order valence-corrected chi connectivity index (χ2v) is 7.18. The molecule has 0 spiro atoms. The Morgan fingerprint density at radius 3 is 2.62 bits per heavy atom. The standard InChI is InChI=1S/C13H19BrN2O4S/c1-20-13(17)10-4-5-11(12(14)8-10)9-15-6-3-7-16-21(2,18)19/h4-5,8,15-16H,3,6-7,9H2,1-2H3. The van der Waals surface area contributed by atoms with Crippen molar-refractivity contribution < 1.29 is 17.9 Å². The number of nitrogens with one attached hydrogen (secondary N) is 2. The van der Waals surface area contributed by atoms with Crippen LogP contribution in [0.2, 0.25) is 0 Å². The van der Waals surface area contributed by atoms with Crippen molar-refractivity contribution >= 4 is 31.9 Å². The molecule has 1 aromatic carbocycles. The Morgan fingerprint density at radius 2 is 2.05 bits per heavy atom. The second-order valence-electron chi connectivity index (χ2n) is 4.49. The van der Waals surface area contributed by atoms with Crippen molar-refractivity contribution in [2.45, 2.75) is 13.0 Å². The van der Waals surface area contributed by atoms with E-state index in [1.165, 1.54) is 7.11 Å². The molecule has 1 rings (SSSR count). The van der Waals surface area contributed by atoms with Gasteiger partial charge >= 0.3 is 5.97 Å². The number of hydrogen-bond acceptors (Lipinski definition) is 5. The van der Waals surface area contributed by atoms with Gasteiger partial charge in [-0.1, -0.05) is 22.0 Å². The quantitative estimate of drug-likeness (QED) is 0.525. The normalized spacial score (nSPS) is 11.4. The Bertz CT molecular complexity index is 590. The van der Waals surface area contributed by atoms with Gasteiger partial charge in [-0.3, -0.25) is 0 Å². The van der Waals surface area contributed by atoms with Crippen LogP contribution < -0.4 is 10.0 Å². The molecular formula is C13H19BrN2O4S. The molecule has 0 saturated heterocycles. The van der Waals surface area contributed by atoms with Crippen LogP contribution in [0.4, 0.5) is 0 Å².